The molecule has 0 radical (unpaired) electrons. The monoisotopic (exact) mass is 463 g/mol. The van der Waals surface area contributed by atoms with E-state index in [-0.39, 0.29) is 11.9 Å². The van der Waals surface area contributed by atoms with Gasteiger partial charge in [-0.1, -0.05) is 6.42 Å². The number of hydrogen-bond acceptors (Lipinski definition) is 7. The molecule has 1 saturated carbocycles. The molecule has 1 unspecified atom stereocenters. The predicted molar refractivity (Wildman–Crippen MR) is 131 cm³/mol. The van der Waals surface area contributed by atoms with E-state index >= 15 is 0 Å². The predicted octanol–water partition coefficient (Wildman–Crippen LogP) is 3.21. The van der Waals surface area contributed by atoms with Crippen molar-refractivity contribution in [1.29, 1.82) is 0 Å². The van der Waals surface area contributed by atoms with E-state index in [4.69, 9.17) is 4.74 Å². The number of amides is 1. The van der Waals surface area contributed by atoms with Crippen molar-refractivity contribution in [3.05, 3.63) is 41.7 Å². The Labute approximate surface area is 199 Å². The third kappa shape index (κ3) is 4.70. The standard InChI is InChI=1S/C25H33N7O2/c1-16(28-25(33)19-8-10-22(34-2)24-20(19)14-27-31-24)21-9-11-23(30-29-21)32-12-4-7-18(15-32)26-13-17-5-3-6-17/h8-11,14,16-18,26H,3-7,12-13,15H2,1-2H3,(H,27,31)(H,28,33)/t16?,18-/m1/s1. The Morgan fingerprint density at radius 2 is 2.09 bits per heavy atom. The molecule has 2 aromatic heterocycles. The highest BCUT2D eigenvalue weighted by Crippen LogP contribution is 2.27. The third-order valence-electron chi connectivity index (χ3n) is 7.17. The second-order valence-corrected chi connectivity index (χ2v) is 9.48. The van der Waals surface area contributed by atoms with Gasteiger partial charge in [0, 0.05) is 24.5 Å². The minimum atomic E-state index is -0.281. The van der Waals surface area contributed by atoms with E-state index in [9.17, 15) is 4.79 Å². The van der Waals surface area contributed by atoms with Gasteiger partial charge < -0.3 is 20.3 Å². The lowest BCUT2D eigenvalue weighted by Gasteiger charge is -2.35. The number of hydrogen-bond donors (Lipinski definition) is 3. The first kappa shape index (κ1) is 22.6. The average molecular weight is 464 g/mol. The van der Waals surface area contributed by atoms with Crippen molar-refractivity contribution in [2.75, 3.05) is 31.6 Å². The summed E-state index contributed by atoms with van der Waals surface area (Å²) in [6, 6.07) is 7.72. The number of aromatic nitrogens is 4. The van der Waals surface area contributed by atoms with E-state index < -0.39 is 0 Å². The van der Waals surface area contributed by atoms with Crippen LogP contribution in [-0.4, -0.2) is 59.1 Å². The van der Waals surface area contributed by atoms with Gasteiger partial charge >= 0.3 is 0 Å². The van der Waals surface area contributed by atoms with Crippen LogP contribution in [0.5, 0.6) is 5.75 Å². The minimum absolute atomic E-state index is 0.191. The maximum absolute atomic E-state index is 13.0. The molecular weight excluding hydrogens is 430 g/mol. The molecule has 0 spiro atoms. The molecule has 5 rings (SSSR count). The van der Waals surface area contributed by atoms with Gasteiger partial charge in [0.05, 0.1) is 30.6 Å². The number of anilines is 1. The second-order valence-electron chi connectivity index (χ2n) is 9.48. The number of benzene rings is 1. The van der Waals surface area contributed by atoms with Gasteiger partial charge in [-0.15, -0.1) is 5.10 Å². The van der Waals surface area contributed by atoms with Crippen molar-refractivity contribution in [3.8, 4) is 5.75 Å². The number of methoxy groups -OCH3 is 1. The molecule has 9 nitrogen and oxygen atoms in total. The van der Waals surface area contributed by atoms with Crippen LogP contribution in [0.1, 0.15) is 61.1 Å². The molecule has 2 fully saturated rings. The van der Waals surface area contributed by atoms with Gasteiger partial charge in [0.25, 0.3) is 5.91 Å². The average Bonchev–Trinajstić information content (AvgIpc) is 3.33. The molecule has 180 valence electrons. The lowest BCUT2D eigenvalue weighted by molar-refractivity contribution is 0.0940. The first-order valence-electron chi connectivity index (χ1n) is 12.2. The molecule has 3 N–H and O–H groups in total. The van der Waals surface area contributed by atoms with E-state index in [1.165, 1.54) is 25.7 Å². The highest BCUT2D eigenvalue weighted by molar-refractivity contribution is 6.07. The molecular formula is C25H33N7O2. The molecule has 1 aromatic carbocycles. The van der Waals surface area contributed by atoms with Crippen molar-refractivity contribution >= 4 is 22.6 Å². The molecule has 2 atom stereocenters. The number of aromatic amines is 1. The number of piperidine rings is 1. The number of carbonyl (C=O) groups is 1. The number of nitrogens with one attached hydrogen (secondary N) is 3. The maximum atomic E-state index is 13.0. The topological polar surface area (TPSA) is 108 Å². The van der Waals surface area contributed by atoms with Gasteiger partial charge in [0.1, 0.15) is 11.3 Å². The number of nitrogens with zero attached hydrogens (tertiary/aromatic N) is 4. The van der Waals surface area contributed by atoms with Crippen LogP contribution in [0, 0.1) is 5.92 Å². The van der Waals surface area contributed by atoms with Gasteiger partial charge in [0.15, 0.2) is 5.82 Å². The second kappa shape index (κ2) is 9.97. The lowest BCUT2D eigenvalue weighted by atomic mass is 9.85. The van der Waals surface area contributed by atoms with Gasteiger partial charge in [-0.05, 0) is 69.3 Å². The van der Waals surface area contributed by atoms with Crippen LogP contribution in [0.2, 0.25) is 0 Å². The number of ether oxygens (including phenoxy) is 1. The molecule has 0 bridgehead atoms. The van der Waals surface area contributed by atoms with Gasteiger partial charge in [-0.25, -0.2) is 0 Å². The summed E-state index contributed by atoms with van der Waals surface area (Å²) in [5.74, 6) is 2.22. The summed E-state index contributed by atoms with van der Waals surface area (Å²) in [5.41, 5.74) is 1.97. The first-order chi connectivity index (χ1) is 16.6. The molecule has 1 amide bonds. The van der Waals surface area contributed by atoms with E-state index in [2.05, 4.69) is 35.9 Å². The van der Waals surface area contributed by atoms with Crippen LogP contribution in [0.4, 0.5) is 5.82 Å². The number of fused-ring (bicyclic) bond motifs is 1. The van der Waals surface area contributed by atoms with Crippen molar-refractivity contribution in [2.45, 2.75) is 51.1 Å². The van der Waals surface area contributed by atoms with Crippen LogP contribution < -0.4 is 20.3 Å². The van der Waals surface area contributed by atoms with E-state index in [1.54, 1.807) is 25.4 Å². The minimum Gasteiger partial charge on any atom is -0.494 e. The SMILES string of the molecule is COc1ccc(C(=O)NC(C)c2ccc(N3CCC[C@@H](NCC4CCC4)C3)nn2)c2cn[nH]c12. The fraction of sp³-hybridized carbons (Fsp3) is 0.520. The van der Waals surface area contributed by atoms with Crippen molar-refractivity contribution in [2.24, 2.45) is 5.92 Å². The fourth-order valence-electron chi connectivity index (χ4n) is 4.84. The first-order valence-corrected chi connectivity index (χ1v) is 12.2. The molecule has 1 aliphatic heterocycles. The van der Waals surface area contributed by atoms with Crippen LogP contribution >= 0.6 is 0 Å². The molecule has 34 heavy (non-hydrogen) atoms. The summed E-state index contributed by atoms with van der Waals surface area (Å²) in [5, 5.41) is 23.4. The summed E-state index contributed by atoms with van der Waals surface area (Å²) in [6.45, 7) is 5.02. The Hall–Kier alpha value is -3.20. The lowest BCUT2D eigenvalue weighted by Crippen LogP contribution is -2.47. The summed E-state index contributed by atoms with van der Waals surface area (Å²) in [4.78, 5) is 15.3. The van der Waals surface area contributed by atoms with Crippen molar-refractivity contribution in [3.63, 3.8) is 0 Å². The molecule has 1 saturated heterocycles. The van der Waals surface area contributed by atoms with Gasteiger partial charge in [-0.3, -0.25) is 9.89 Å². The number of H-pyrrole nitrogens is 1. The van der Waals surface area contributed by atoms with Crippen LogP contribution in [0.15, 0.2) is 30.5 Å². The highest BCUT2D eigenvalue weighted by Gasteiger charge is 2.24. The van der Waals surface area contributed by atoms with Crippen molar-refractivity contribution < 1.29 is 9.53 Å². The van der Waals surface area contributed by atoms with E-state index in [1.807, 2.05) is 19.1 Å². The molecule has 9 heteroatoms. The fourth-order valence-corrected chi connectivity index (χ4v) is 4.84. The molecule has 3 heterocycles. The Morgan fingerprint density at radius 1 is 1.21 bits per heavy atom. The summed E-state index contributed by atoms with van der Waals surface area (Å²) >= 11 is 0. The highest BCUT2D eigenvalue weighted by atomic mass is 16.5. The number of rotatable bonds is 8. The van der Waals surface area contributed by atoms with Crippen LogP contribution in [0.25, 0.3) is 10.9 Å². The normalized spacial score (nSPS) is 19.6. The maximum Gasteiger partial charge on any atom is 0.252 e. The number of carbonyl (C=O) groups excluding carboxylic acids is 1. The largest absolute Gasteiger partial charge is 0.494 e. The van der Waals surface area contributed by atoms with Gasteiger partial charge in [0.2, 0.25) is 0 Å². The van der Waals surface area contributed by atoms with Crippen molar-refractivity contribution in [1.82, 2.24) is 31.0 Å². The molecule has 1 aliphatic carbocycles. The quantitative estimate of drug-likeness (QED) is 0.471. The third-order valence-corrected chi connectivity index (χ3v) is 7.17. The zero-order valence-electron chi connectivity index (χ0n) is 19.9. The zero-order valence-corrected chi connectivity index (χ0v) is 19.9. The molecule has 2 aliphatic rings. The van der Waals surface area contributed by atoms with E-state index in [0.717, 1.165) is 48.9 Å². The van der Waals surface area contributed by atoms with Crippen LogP contribution in [-0.2, 0) is 0 Å². The Bertz CT molecular complexity index is 1130. The summed E-state index contributed by atoms with van der Waals surface area (Å²) < 4.78 is 5.34. The van der Waals surface area contributed by atoms with E-state index in [0.29, 0.717) is 22.9 Å². The smallest absolute Gasteiger partial charge is 0.252 e. The van der Waals surface area contributed by atoms with Gasteiger partial charge in [-0.2, -0.15) is 10.2 Å². The summed E-state index contributed by atoms with van der Waals surface area (Å²) in [7, 11) is 1.59. The molecule has 3 aromatic rings. The summed E-state index contributed by atoms with van der Waals surface area (Å²) in [6.07, 6.45) is 8.14. The Morgan fingerprint density at radius 3 is 2.82 bits per heavy atom. The van der Waals surface area contributed by atoms with Crippen LogP contribution in [0.3, 0.4) is 0 Å². The Balaban J connectivity index is 1.20. The Kier molecular flexibility index (Phi) is 6.62. The zero-order chi connectivity index (χ0) is 23.5.